The lowest BCUT2D eigenvalue weighted by Crippen LogP contribution is -2.10. The molecule has 24 rings (SSSR count). The second-order valence-electron chi connectivity index (χ2n) is 32.2. The quantitative estimate of drug-likeness (QED) is 0.0905. The number of hydrogen-bond acceptors (Lipinski definition) is 9. The molecule has 18 aromatic carbocycles. The van der Waals surface area contributed by atoms with E-state index in [1.54, 1.807) is 11.3 Å². The largest absolute Gasteiger partial charge is 0.309 e. The predicted molar refractivity (Wildman–Crippen MR) is 539 cm³/mol. The average Bonchev–Trinajstić information content (AvgIpc) is 1.55. The molecule has 0 fully saturated rings. The number of anilines is 9. The summed E-state index contributed by atoms with van der Waals surface area (Å²) in [5, 5.41) is 14.0. The van der Waals surface area contributed by atoms with Crippen molar-refractivity contribution in [1.82, 2.24) is 15.0 Å². The van der Waals surface area contributed by atoms with E-state index < -0.39 is 0 Å². The minimum absolute atomic E-state index is 0.952. The summed E-state index contributed by atoms with van der Waals surface area (Å²) in [7, 11) is 0. The van der Waals surface area contributed by atoms with E-state index in [-0.39, 0.29) is 0 Å². The van der Waals surface area contributed by atoms with Crippen molar-refractivity contribution in [1.29, 1.82) is 0 Å². The molecule has 0 bridgehead atoms. The molecule has 0 atom stereocenters. The molecule has 0 aliphatic carbocycles. The van der Waals surface area contributed by atoms with Gasteiger partial charge in [0.05, 0.1) is 43.1 Å². The monoisotopic (exact) mass is 1660 g/mol. The maximum atomic E-state index is 5.29. The molecule has 0 saturated heterocycles. The fourth-order valence-corrected chi connectivity index (χ4v) is 22.2. The van der Waals surface area contributed by atoms with E-state index in [2.05, 4.69) is 433 Å². The molecule has 0 aliphatic rings. The van der Waals surface area contributed by atoms with Gasteiger partial charge >= 0.3 is 0 Å². The zero-order valence-electron chi connectivity index (χ0n) is 68.1. The van der Waals surface area contributed by atoms with Gasteiger partial charge in [-0.15, -0.1) is 34.0 Å². The van der Waals surface area contributed by atoms with Crippen LogP contribution in [0.4, 0.5) is 51.2 Å². The van der Waals surface area contributed by atoms with Crippen LogP contribution in [-0.2, 0) is 0 Å². The molecule has 0 radical (unpaired) electrons. The lowest BCUT2D eigenvalue weighted by Gasteiger charge is -2.27. The van der Waals surface area contributed by atoms with Gasteiger partial charge in [0.25, 0.3) is 0 Å². The van der Waals surface area contributed by atoms with E-state index >= 15 is 0 Å². The minimum Gasteiger partial charge on any atom is -0.309 e. The highest BCUT2D eigenvalue weighted by atomic mass is 32.1. The first-order valence-electron chi connectivity index (χ1n) is 42.5. The van der Waals surface area contributed by atoms with Crippen molar-refractivity contribution in [3.05, 3.63) is 449 Å². The molecule has 0 N–H and O–H groups in total. The summed E-state index contributed by atoms with van der Waals surface area (Å²) in [6.07, 6.45) is 7.93. The van der Waals surface area contributed by atoms with E-state index in [1.165, 1.54) is 89.2 Å². The van der Waals surface area contributed by atoms with E-state index in [4.69, 9.17) is 15.0 Å². The molecule has 24 aromatic rings. The molecular weight excluding hydrogens is 1590 g/mol. The van der Waals surface area contributed by atoms with Gasteiger partial charge in [-0.2, -0.15) is 0 Å². The molecule has 0 amide bonds. The fraction of sp³-hybridized carbons (Fsp3) is 0. The maximum absolute atomic E-state index is 5.29. The third-order valence-corrected chi connectivity index (χ3v) is 28.3. The Morgan fingerprint density at radius 3 is 1.25 bits per heavy atom. The maximum Gasteiger partial charge on any atom is 0.124 e. The van der Waals surface area contributed by atoms with E-state index in [1.807, 2.05) is 53.5 Å². The summed E-state index contributed by atoms with van der Waals surface area (Å²) in [6, 6.07) is 156. The summed E-state index contributed by atoms with van der Waals surface area (Å²) in [6.45, 7) is 0. The Balaban J connectivity index is 0.571. The van der Waals surface area contributed by atoms with Gasteiger partial charge in [-0.25, -0.2) is 4.98 Å². The number of aromatic nitrogens is 3. The van der Waals surface area contributed by atoms with Crippen LogP contribution in [0.3, 0.4) is 0 Å². The van der Waals surface area contributed by atoms with Crippen LogP contribution >= 0.6 is 34.0 Å². The molecular formula is C117H74N6S3. The van der Waals surface area contributed by atoms with Crippen LogP contribution in [-0.4, -0.2) is 15.0 Å². The molecule has 126 heavy (non-hydrogen) atoms. The van der Waals surface area contributed by atoms with E-state index in [0.717, 1.165) is 144 Å². The summed E-state index contributed by atoms with van der Waals surface area (Å²) in [5.41, 5.74) is 27.7. The van der Waals surface area contributed by atoms with Gasteiger partial charge in [-0.3, -0.25) is 9.97 Å². The fourth-order valence-electron chi connectivity index (χ4n) is 18.6. The van der Waals surface area contributed by atoms with Crippen LogP contribution in [0.15, 0.2) is 449 Å². The smallest absolute Gasteiger partial charge is 0.124 e. The SMILES string of the molecule is c1ccc(-c2ccc(N(c3ccc4ccc(-c5cccc(-c6cccc(-c7cc(N(c8ccc(-c9cccc(-c%10nccc%11sc%12c(N(c%13ccc(-c%14ccccc%14)cc%13)c%13ccc%14ccc(-c%15ccccc%15)cc%14c%13)cccc%12c%10%11)c9)cc8)c8cccc9c8sc8ncccc89)cc8ccccc78)c6)c5)cc4c3)c3cncc4c3sc3ccccc34)cc2)cc1. The van der Waals surface area contributed by atoms with Crippen molar-refractivity contribution in [2.24, 2.45) is 0 Å². The van der Waals surface area contributed by atoms with Crippen molar-refractivity contribution in [3.8, 4) is 89.1 Å². The van der Waals surface area contributed by atoms with Gasteiger partial charge in [0.15, 0.2) is 0 Å². The Hall–Kier alpha value is -15.8. The Morgan fingerprint density at radius 2 is 0.611 bits per heavy atom. The third kappa shape index (κ3) is 13.4. The highest BCUT2D eigenvalue weighted by molar-refractivity contribution is 7.27. The topological polar surface area (TPSA) is 48.4 Å². The molecule has 6 aromatic heterocycles. The number of hydrogen-bond donors (Lipinski definition) is 0. The van der Waals surface area contributed by atoms with Crippen molar-refractivity contribution in [2.75, 3.05) is 14.7 Å². The molecule has 590 valence electrons. The lowest BCUT2D eigenvalue weighted by atomic mass is 9.93. The number of nitrogens with zero attached hydrogens (tertiary/aromatic N) is 6. The van der Waals surface area contributed by atoms with Crippen LogP contribution < -0.4 is 14.7 Å². The van der Waals surface area contributed by atoms with E-state index in [9.17, 15) is 0 Å². The van der Waals surface area contributed by atoms with Crippen LogP contribution in [0.25, 0.3) is 182 Å². The second-order valence-corrected chi connectivity index (χ2v) is 35.3. The zero-order chi connectivity index (χ0) is 83.1. The van der Waals surface area contributed by atoms with Gasteiger partial charge in [-0.1, -0.05) is 285 Å². The molecule has 6 nitrogen and oxygen atoms in total. The number of pyridine rings is 3. The number of rotatable bonds is 17. The highest BCUT2D eigenvalue weighted by Gasteiger charge is 2.26. The summed E-state index contributed by atoms with van der Waals surface area (Å²) < 4.78 is 5.98. The van der Waals surface area contributed by atoms with Gasteiger partial charge in [0.2, 0.25) is 0 Å². The van der Waals surface area contributed by atoms with E-state index in [0.29, 0.717) is 0 Å². The Labute approximate surface area is 740 Å². The predicted octanol–water partition coefficient (Wildman–Crippen LogP) is 34.2. The van der Waals surface area contributed by atoms with Crippen molar-refractivity contribution >= 4 is 178 Å². The number of benzene rings is 18. The van der Waals surface area contributed by atoms with Crippen molar-refractivity contribution in [3.63, 3.8) is 0 Å². The molecule has 0 unspecified atom stereocenters. The molecule has 9 heteroatoms. The first-order valence-corrected chi connectivity index (χ1v) is 45.0. The second kappa shape index (κ2) is 31.3. The Kier molecular flexibility index (Phi) is 18.4. The summed E-state index contributed by atoms with van der Waals surface area (Å²) in [5.74, 6) is 0. The van der Waals surface area contributed by atoms with Crippen LogP contribution in [0, 0.1) is 0 Å². The first-order chi connectivity index (χ1) is 62.4. The molecule has 0 saturated carbocycles. The van der Waals surface area contributed by atoms with Crippen LogP contribution in [0.5, 0.6) is 0 Å². The van der Waals surface area contributed by atoms with Gasteiger partial charge in [0, 0.05) is 100.0 Å². The normalized spacial score (nSPS) is 11.7. The van der Waals surface area contributed by atoms with Crippen LogP contribution in [0.1, 0.15) is 0 Å². The van der Waals surface area contributed by atoms with Crippen molar-refractivity contribution < 1.29 is 0 Å². The molecule has 0 aliphatic heterocycles. The first kappa shape index (κ1) is 74.1. The number of fused-ring (bicyclic) bond motifs is 12. The summed E-state index contributed by atoms with van der Waals surface area (Å²) >= 11 is 5.40. The molecule has 0 spiro atoms. The lowest BCUT2D eigenvalue weighted by molar-refractivity contribution is 1.26. The standard InChI is InChI=1S/C117H74N6S3/c1-4-20-75(21-5-1)78-45-53-94(54-46-78)121(97-59-51-81-41-43-87(67-92(81)70-97)77-24-8-3-9-25-77)108-39-18-36-104-112-111(125-115(104)108)61-63-119-113(112)91-32-16-27-83(66-91)80-49-57-96(58-50-80)123(107-38-17-35-102-103-37-19-62-120-117(103)126-114(102)107)99-69-90-26-10-11-33-100(90)105(72-99)89-31-15-30-86(65-89)84-28-14-29-85(64-84)88-44-42-82-52-60-98(71-93(82)68-88)122(95-55-47-79(48-56-95)76-22-6-2-7-23-76)109-74-118-73-106-101-34-12-13-40-110(101)124-116(106)109/h1-74H. The summed E-state index contributed by atoms with van der Waals surface area (Å²) in [4.78, 5) is 23.4. The zero-order valence-corrected chi connectivity index (χ0v) is 70.6. The van der Waals surface area contributed by atoms with Gasteiger partial charge in [-0.05, 0) is 250 Å². The van der Waals surface area contributed by atoms with Crippen molar-refractivity contribution in [2.45, 2.75) is 0 Å². The van der Waals surface area contributed by atoms with Gasteiger partial charge in [0.1, 0.15) is 4.83 Å². The molecule has 6 heterocycles. The average molecular weight is 1660 g/mol. The number of thiophene rings is 3. The minimum atomic E-state index is 0.952. The third-order valence-electron chi connectivity index (χ3n) is 24.8. The Bertz CT molecular complexity index is 8350. The Morgan fingerprint density at radius 1 is 0.198 bits per heavy atom. The van der Waals surface area contributed by atoms with Crippen LogP contribution in [0.2, 0.25) is 0 Å². The van der Waals surface area contributed by atoms with Gasteiger partial charge < -0.3 is 14.7 Å². The highest BCUT2D eigenvalue weighted by Crippen LogP contribution is 2.52.